The number of thioether (sulfide) groups is 1. The fourth-order valence-corrected chi connectivity index (χ4v) is 3.96. The van der Waals surface area contributed by atoms with Gasteiger partial charge in [0.1, 0.15) is 5.75 Å². The van der Waals surface area contributed by atoms with Crippen molar-refractivity contribution in [1.29, 1.82) is 0 Å². The molecule has 0 radical (unpaired) electrons. The van der Waals surface area contributed by atoms with Crippen molar-refractivity contribution in [1.82, 2.24) is 5.32 Å². The third-order valence-electron chi connectivity index (χ3n) is 4.07. The van der Waals surface area contributed by atoms with Gasteiger partial charge in [0.2, 0.25) is 0 Å². The van der Waals surface area contributed by atoms with E-state index in [1.165, 1.54) is 11.1 Å². The van der Waals surface area contributed by atoms with Gasteiger partial charge >= 0.3 is 0 Å². The Morgan fingerprint density at radius 3 is 2.90 bits per heavy atom. The van der Waals surface area contributed by atoms with Crippen LogP contribution in [0.15, 0.2) is 18.2 Å². The topological polar surface area (TPSA) is 30.5 Å². The van der Waals surface area contributed by atoms with Gasteiger partial charge in [-0.25, -0.2) is 0 Å². The van der Waals surface area contributed by atoms with Gasteiger partial charge in [-0.05, 0) is 44.5 Å². The zero-order chi connectivity index (χ0) is 15.2. The second kappa shape index (κ2) is 8.06. The highest BCUT2D eigenvalue weighted by Crippen LogP contribution is 2.33. The fourth-order valence-electron chi connectivity index (χ4n) is 2.73. The molecule has 2 rings (SSSR count). The molecule has 0 spiro atoms. The molecule has 0 aromatic heterocycles. The minimum absolute atomic E-state index is 0.366. The van der Waals surface area contributed by atoms with E-state index in [4.69, 9.17) is 9.47 Å². The monoisotopic (exact) mass is 309 g/mol. The predicted octanol–water partition coefficient (Wildman–Crippen LogP) is 3.78. The van der Waals surface area contributed by atoms with E-state index < -0.39 is 0 Å². The number of rotatable bonds is 7. The van der Waals surface area contributed by atoms with Gasteiger partial charge in [-0.2, -0.15) is 11.8 Å². The van der Waals surface area contributed by atoms with Gasteiger partial charge in [0.25, 0.3) is 0 Å². The van der Waals surface area contributed by atoms with Crippen molar-refractivity contribution in [2.24, 2.45) is 0 Å². The molecule has 1 aromatic carbocycles. The van der Waals surface area contributed by atoms with Crippen LogP contribution in [0.25, 0.3) is 0 Å². The van der Waals surface area contributed by atoms with E-state index in [1.54, 1.807) is 7.11 Å². The van der Waals surface area contributed by atoms with Crippen molar-refractivity contribution in [2.75, 3.05) is 20.3 Å². The first kappa shape index (κ1) is 16.7. The average Bonchev–Trinajstić information content (AvgIpc) is 2.90. The zero-order valence-electron chi connectivity index (χ0n) is 13.5. The van der Waals surface area contributed by atoms with Crippen LogP contribution in [0.2, 0.25) is 0 Å². The number of hydrogen-bond acceptors (Lipinski definition) is 4. The van der Waals surface area contributed by atoms with E-state index in [0.29, 0.717) is 17.4 Å². The number of ether oxygens (including phenoxy) is 2. The molecule has 118 valence electrons. The Balaban J connectivity index is 2.06. The first-order valence-electron chi connectivity index (χ1n) is 7.79. The normalized spacial score (nSPS) is 23.2. The van der Waals surface area contributed by atoms with Gasteiger partial charge < -0.3 is 14.8 Å². The molecule has 0 bridgehead atoms. The maximum Gasteiger partial charge on any atom is 0.122 e. The minimum atomic E-state index is 0.366. The van der Waals surface area contributed by atoms with E-state index in [9.17, 15) is 0 Å². The van der Waals surface area contributed by atoms with E-state index in [2.05, 4.69) is 44.3 Å². The summed E-state index contributed by atoms with van der Waals surface area (Å²) in [6, 6.07) is 6.90. The Morgan fingerprint density at radius 1 is 1.48 bits per heavy atom. The average molecular weight is 309 g/mol. The summed E-state index contributed by atoms with van der Waals surface area (Å²) in [6.45, 7) is 8.39. The van der Waals surface area contributed by atoms with Gasteiger partial charge in [-0.15, -0.1) is 0 Å². The van der Waals surface area contributed by atoms with Gasteiger partial charge in [0.15, 0.2) is 0 Å². The molecule has 1 fully saturated rings. The van der Waals surface area contributed by atoms with Crippen LogP contribution < -0.4 is 10.1 Å². The molecule has 4 heteroatoms. The molecule has 3 nitrogen and oxygen atoms in total. The van der Waals surface area contributed by atoms with Gasteiger partial charge in [0.05, 0.1) is 13.2 Å². The molecule has 1 aromatic rings. The van der Waals surface area contributed by atoms with Gasteiger partial charge in [0, 0.05) is 29.2 Å². The molecule has 0 aliphatic carbocycles. The maximum absolute atomic E-state index is 5.64. The van der Waals surface area contributed by atoms with Crippen LogP contribution in [0.3, 0.4) is 0 Å². The van der Waals surface area contributed by atoms with Crippen LogP contribution in [0.5, 0.6) is 5.75 Å². The first-order valence-corrected chi connectivity index (χ1v) is 8.84. The Labute approximate surface area is 132 Å². The van der Waals surface area contributed by atoms with Crippen LogP contribution >= 0.6 is 11.8 Å². The lowest BCUT2D eigenvalue weighted by Gasteiger charge is -2.18. The molecule has 0 saturated carbocycles. The van der Waals surface area contributed by atoms with Crippen molar-refractivity contribution >= 4 is 11.8 Å². The van der Waals surface area contributed by atoms with Crippen LogP contribution in [0, 0.1) is 0 Å². The lowest BCUT2D eigenvalue weighted by atomic mass is 10.0. The van der Waals surface area contributed by atoms with Crippen molar-refractivity contribution in [2.45, 2.75) is 50.3 Å². The summed E-state index contributed by atoms with van der Waals surface area (Å²) in [6.07, 6.45) is 1.52. The zero-order valence-corrected chi connectivity index (χ0v) is 14.3. The summed E-state index contributed by atoms with van der Waals surface area (Å²) in [4.78, 5) is 0. The molecule has 1 aliphatic rings. The summed E-state index contributed by atoms with van der Waals surface area (Å²) >= 11 is 1.98. The van der Waals surface area contributed by atoms with Crippen molar-refractivity contribution < 1.29 is 9.47 Å². The summed E-state index contributed by atoms with van der Waals surface area (Å²) < 4.78 is 11.2. The highest BCUT2D eigenvalue weighted by Gasteiger charge is 2.24. The lowest BCUT2D eigenvalue weighted by Crippen LogP contribution is -2.18. The van der Waals surface area contributed by atoms with Crippen LogP contribution in [-0.4, -0.2) is 31.6 Å². The van der Waals surface area contributed by atoms with Gasteiger partial charge in [-0.3, -0.25) is 0 Å². The van der Waals surface area contributed by atoms with Crippen LogP contribution in [-0.2, 0) is 10.5 Å². The van der Waals surface area contributed by atoms with E-state index in [0.717, 1.165) is 31.1 Å². The highest BCUT2D eigenvalue weighted by atomic mass is 32.2. The van der Waals surface area contributed by atoms with E-state index >= 15 is 0 Å². The molecule has 3 atom stereocenters. The summed E-state index contributed by atoms with van der Waals surface area (Å²) in [5, 5.41) is 4.06. The lowest BCUT2D eigenvalue weighted by molar-refractivity contribution is 0.127. The summed E-state index contributed by atoms with van der Waals surface area (Å²) in [5.74, 6) is 1.97. The van der Waals surface area contributed by atoms with Crippen molar-refractivity contribution in [3.8, 4) is 5.75 Å². The molecule has 1 N–H and O–H groups in total. The van der Waals surface area contributed by atoms with E-state index in [-0.39, 0.29) is 0 Å². The van der Waals surface area contributed by atoms with Crippen molar-refractivity contribution in [3.63, 3.8) is 0 Å². The summed E-state index contributed by atoms with van der Waals surface area (Å²) in [7, 11) is 1.75. The molecular weight excluding hydrogens is 282 g/mol. The van der Waals surface area contributed by atoms with E-state index in [1.807, 2.05) is 11.8 Å². The van der Waals surface area contributed by atoms with Crippen LogP contribution in [0.4, 0.5) is 0 Å². The molecule has 0 amide bonds. The fraction of sp³-hybridized carbons (Fsp3) is 0.647. The Hall–Kier alpha value is -0.710. The quantitative estimate of drug-likeness (QED) is 0.830. The maximum atomic E-state index is 5.64. The SMILES string of the molecule is CCNC(C)c1ccc(OC)c(CSC2CCOC2C)c1. The molecular formula is C17H27NO2S. The summed E-state index contributed by atoms with van der Waals surface area (Å²) in [5.41, 5.74) is 2.60. The second-order valence-corrected chi connectivity index (χ2v) is 6.79. The smallest absolute Gasteiger partial charge is 0.122 e. The molecule has 1 heterocycles. The number of methoxy groups -OCH3 is 1. The van der Waals surface area contributed by atoms with Crippen molar-refractivity contribution in [3.05, 3.63) is 29.3 Å². The third kappa shape index (κ3) is 4.38. The molecule has 1 aliphatic heterocycles. The second-order valence-electron chi connectivity index (χ2n) is 5.56. The minimum Gasteiger partial charge on any atom is -0.496 e. The predicted molar refractivity (Wildman–Crippen MR) is 90.2 cm³/mol. The third-order valence-corrected chi connectivity index (χ3v) is 5.60. The Kier molecular flexibility index (Phi) is 6.40. The Morgan fingerprint density at radius 2 is 2.29 bits per heavy atom. The standard InChI is InChI=1S/C17H27NO2S/c1-5-18-12(2)14-6-7-16(19-4)15(10-14)11-21-17-8-9-20-13(17)3/h6-7,10,12-13,17-18H,5,8-9,11H2,1-4H3. The first-order chi connectivity index (χ1) is 10.2. The molecule has 21 heavy (non-hydrogen) atoms. The number of hydrogen-bond donors (Lipinski definition) is 1. The van der Waals surface area contributed by atoms with Gasteiger partial charge in [-0.1, -0.05) is 13.0 Å². The highest BCUT2D eigenvalue weighted by molar-refractivity contribution is 7.99. The largest absolute Gasteiger partial charge is 0.496 e. The Bertz CT molecular complexity index is 452. The molecule has 3 unspecified atom stereocenters. The van der Waals surface area contributed by atoms with Crippen LogP contribution in [0.1, 0.15) is 44.4 Å². The number of benzene rings is 1. The number of nitrogens with one attached hydrogen (secondary N) is 1. The molecule has 1 saturated heterocycles.